The van der Waals surface area contributed by atoms with Gasteiger partial charge in [0, 0.05) is 0 Å². The molecular formula is C16H16FN3O2. The van der Waals surface area contributed by atoms with E-state index in [9.17, 15) is 14.3 Å². The van der Waals surface area contributed by atoms with E-state index < -0.39 is 17.4 Å². The smallest absolute Gasteiger partial charge is 0.320 e. The standard InChI is InChI=1S/C16H16FN3O2/c17-12-5-6-14(18-9-12)20-15(21)19-10-16(22)8-7-11-3-1-2-4-13(11)16/h1-6,9,22H,7-8,10H2,(H2,18,19,20,21)/t16-/m1/s1. The molecule has 0 fully saturated rings. The van der Waals surface area contributed by atoms with E-state index in [2.05, 4.69) is 15.6 Å². The Bertz CT molecular complexity index is 690. The summed E-state index contributed by atoms with van der Waals surface area (Å²) in [5.74, 6) is -0.222. The Kier molecular flexibility index (Phi) is 3.77. The number of anilines is 1. The van der Waals surface area contributed by atoms with Gasteiger partial charge in [0.1, 0.15) is 17.2 Å². The van der Waals surface area contributed by atoms with Crippen molar-refractivity contribution >= 4 is 11.8 Å². The third-order valence-electron chi connectivity index (χ3n) is 3.84. The summed E-state index contributed by atoms with van der Waals surface area (Å²) in [4.78, 5) is 15.6. The molecule has 114 valence electrons. The molecular weight excluding hydrogens is 285 g/mol. The molecule has 1 atom stereocenters. The van der Waals surface area contributed by atoms with Gasteiger partial charge in [-0.15, -0.1) is 0 Å². The number of urea groups is 1. The van der Waals surface area contributed by atoms with Crippen molar-refractivity contribution in [2.75, 3.05) is 11.9 Å². The highest BCUT2D eigenvalue weighted by atomic mass is 19.1. The molecule has 3 N–H and O–H groups in total. The van der Waals surface area contributed by atoms with Crippen molar-refractivity contribution in [3.63, 3.8) is 0 Å². The number of halogens is 1. The van der Waals surface area contributed by atoms with Crippen molar-refractivity contribution < 1.29 is 14.3 Å². The van der Waals surface area contributed by atoms with Gasteiger partial charge >= 0.3 is 6.03 Å². The Balaban J connectivity index is 1.61. The number of hydrogen-bond acceptors (Lipinski definition) is 3. The lowest BCUT2D eigenvalue weighted by molar-refractivity contribution is 0.0417. The summed E-state index contributed by atoms with van der Waals surface area (Å²) in [6.07, 6.45) is 2.38. The SMILES string of the molecule is O=C(NC[C@]1(O)CCc2ccccc21)Nc1ccc(F)cn1. The number of aryl methyl sites for hydroxylation is 1. The van der Waals surface area contributed by atoms with Gasteiger partial charge in [0.05, 0.1) is 12.7 Å². The van der Waals surface area contributed by atoms with E-state index in [-0.39, 0.29) is 12.4 Å². The number of rotatable bonds is 3. The van der Waals surface area contributed by atoms with Crippen LogP contribution in [0.1, 0.15) is 17.5 Å². The number of nitrogens with zero attached hydrogens (tertiary/aromatic N) is 1. The quantitative estimate of drug-likeness (QED) is 0.813. The Morgan fingerprint density at radius 3 is 2.91 bits per heavy atom. The first kappa shape index (κ1) is 14.5. The fourth-order valence-corrected chi connectivity index (χ4v) is 2.69. The van der Waals surface area contributed by atoms with Crippen LogP contribution in [0.4, 0.5) is 15.0 Å². The zero-order valence-electron chi connectivity index (χ0n) is 11.8. The molecule has 1 aromatic heterocycles. The molecule has 0 radical (unpaired) electrons. The average Bonchev–Trinajstić information content (AvgIpc) is 2.86. The van der Waals surface area contributed by atoms with Gasteiger partial charge < -0.3 is 10.4 Å². The molecule has 3 rings (SSSR count). The van der Waals surface area contributed by atoms with Gasteiger partial charge in [-0.2, -0.15) is 0 Å². The summed E-state index contributed by atoms with van der Waals surface area (Å²) in [6, 6.07) is 9.76. The number of fused-ring (bicyclic) bond motifs is 1. The highest BCUT2D eigenvalue weighted by Gasteiger charge is 2.36. The maximum absolute atomic E-state index is 12.7. The van der Waals surface area contributed by atoms with E-state index in [1.807, 2.05) is 24.3 Å². The van der Waals surface area contributed by atoms with Crippen LogP contribution in [0.2, 0.25) is 0 Å². The van der Waals surface area contributed by atoms with E-state index in [1.54, 1.807) is 0 Å². The van der Waals surface area contributed by atoms with Crippen LogP contribution in [-0.4, -0.2) is 22.7 Å². The van der Waals surface area contributed by atoms with Crippen molar-refractivity contribution in [2.24, 2.45) is 0 Å². The summed E-state index contributed by atoms with van der Waals surface area (Å²) in [5.41, 5.74) is 0.909. The van der Waals surface area contributed by atoms with Gasteiger partial charge in [0.25, 0.3) is 0 Å². The number of pyridine rings is 1. The topological polar surface area (TPSA) is 74.2 Å². The molecule has 5 nitrogen and oxygen atoms in total. The van der Waals surface area contributed by atoms with Gasteiger partial charge in [-0.3, -0.25) is 5.32 Å². The molecule has 1 heterocycles. The van der Waals surface area contributed by atoms with Gasteiger partial charge in [-0.25, -0.2) is 14.2 Å². The molecule has 0 aliphatic heterocycles. The molecule has 2 aromatic rings. The van der Waals surface area contributed by atoms with Crippen LogP contribution in [0.5, 0.6) is 0 Å². The van der Waals surface area contributed by atoms with Gasteiger partial charge in [-0.1, -0.05) is 24.3 Å². The summed E-state index contributed by atoms with van der Waals surface area (Å²) in [6.45, 7) is 0.108. The fraction of sp³-hybridized carbons (Fsp3) is 0.250. The lowest BCUT2D eigenvalue weighted by Crippen LogP contribution is -2.41. The Labute approximate surface area is 127 Å². The highest BCUT2D eigenvalue weighted by Crippen LogP contribution is 2.36. The second kappa shape index (κ2) is 5.73. The molecule has 2 amide bonds. The molecule has 1 aliphatic rings. The summed E-state index contributed by atoms with van der Waals surface area (Å²) < 4.78 is 12.7. The number of amides is 2. The number of carbonyl (C=O) groups excluding carboxylic acids is 1. The third kappa shape index (κ3) is 2.92. The molecule has 0 bridgehead atoms. The first-order valence-electron chi connectivity index (χ1n) is 7.04. The van der Waals surface area contributed by atoms with E-state index in [0.717, 1.165) is 23.7 Å². The minimum absolute atomic E-state index is 0.108. The van der Waals surface area contributed by atoms with Crippen LogP contribution >= 0.6 is 0 Å². The number of carbonyl (C=O) groups is 1. The molecule has 1 aliphatic carbocycles. The number of hydrogen-bond donors (Lipinski definition) is 3. The first-order valence-corrected chi connectivity index (χ1v) is 7.04. The molecule has 6 heteroatoms. The molecule has 0 saturated carbocycles. The maximum Gasteiger partial charge on any atom is 0.320 e. The Morgan fingerprint density at radius 2 is 2.14 bits per heavy atom. The van der Waals surface area contributed by atoms with E-state index in [1.165, 1.54) is 12.1 Å². The van der Waals surface area contributed by atoms with Crippen LogP contribution < -0.4 is 10.6 Å². The van der Waals surface area contributed by atoms with Crippen molar-refractivity contribution in [1.82, 2.24) is 10.3 Å². The minimum atomic E-state index is -1.05. The van der Waals surface area contributed by atoms with Crippen molar-refractivity contribution in [2.45, 2.75) is 18.4 Å². The van der Waals surface area contributed by atoms with Crippen molar-refractivity contribution in [3.8, 4) is 0 Å². The predicted octanol–water partition coefficient (Wildman–Crippen LogP) is 2.18. The summed E-state index contributed by atoms with van der Waals surface area (Å²) in [7, 11) is 0. The summed E-state index contributed by atoms with van der Waals surface area (Å²) >= 11 is 0. The molecule has 22 heavy (non-hydrogen) atoms. The average molecular weight is 301 g/mol. The molecule has 0 spiro atoms. The van der Waals surface area contributed by atoms with Gasteiger partial charge in [-0.05, 0) is 36.1 Å². The normalized spacial score (nSPS) is 19.5. The lowest BCUT2D eigenvalue weighted by Gasteiger charge is -2.24. The van der Waals surface area contributed by atoms with Crippen LogP contribution in [-0.2, 0) is 12.0 Å². The Morgan fingerprint density at radius 1 is 1.32 bits per heavy atom. The lowest BCUT2D eigenvalue weighted by atomic mass is 9.96. The van der Waals surface area contributed by atoms with Gasteiger partial charge in [0.15, 0.2) is 0 Å². The zero-order chi connectivity index (χ0) is 15.6. The van der Waals surface area contributed by atoms with E-state index >= 15 is 0 Å². The number of nitrogens with one attached hydrogen (secondary N) is 2. The second-order valence-corrected chi connectivity index (χ2v) is 5.36. The van der Waals surface area contributed by atoms with Crippen LogP contribution in [0, 0.1) is 5.82 Å². The fourth-order valence-electron chi connectivity index (χ4n) is 2.69. The van der Waals surface area contributed by atoms with Crippen LogP contribution in [0.15, 0.2) is 42.6 Å². The predicted molar refractivity (Wildman–Crippen MR) is 79.9 cm³/mol. The largest absolute Gasteiger partial charge is 0.383 e. The minimum Gasteiger partial charge on any atom is -0.383 e. The molecule has 0 saturated heterocycles. The Hall–Kier alpha value is -2.47. The monoisotopic (exact) mass is 301 g/mol. The van der Waals surface area contributed by atoms with Gasteiger partial charge in [0.2, 0.25) is 0 Å². The van der Waals surface area contributed by atoms with Crippen LogP contribution in [0.25, 0.3) is 0 Å². The number of aliphatic hydroxyl groups is 1. The summed E-state index contributed by atoms with van der Waals surface area (Å²) in [5, 5.41) is 15.8. The molecule has 0 unspecified atom stereocenters. The number of aromatic nitrogens is 1. The third-order valence-corrected chi connectivity index (χ3v) is 3.84. The van der Waals surface area contributed by atoms with Crippen molar-refractivity contribution in [1.29, 1.82) is 0 Å². The molecule has 1 aromatic carbocycles. The highest BCUT2D eigenvalue weighted by molar-refractivity contribution is 5.88. The maximum atomic E-state index is 12.7. The van der Waals surface area contributed by atoms with E-state index in [0.29, 0.717) is 6.42 Å². The van der Waals surface area contributed by atoms with Crippen LogP contribution in [0.3, 0.4) is 0 Å². The second-order valence-electron chi connectivity index (χ2n) is 5.36. The number of benzene rings is 1. The van der Waals surface area contributed by atoms with Crippen molar-refractivity contribution in [3.05, 3.63) is 59.5 Å². The van der Waals surface area contributed by atoms with E-state index in [4.69, 9.17) is 0 Å². The first-order chi connectivity index (χ1) is 10.6. The zero-order valence-corrected chi connectivity index (χ0v) is 11.8.